The van der Waals surface area contributed by atoms with Crippen LogP contribution in [-0.4, -0.2) is 24.3 Å². The zero-order valence-corrected chi connectivity index (χ0v) is 13.0. The van der Waals surface area contributed by atoms with Gasteiger partial charge in [-0.25, -0.2) is 0 Å². The molecule has 0 atom stereocenters. The summed E-state index contributed by atoms with van der Waals surface area (Å²) in [6.07, 6.45) is 0. The summed E-state index contributed by atoms with van der Waals surface area (Å²) in [5, 5.41) is 2.54. The van der Waals surface area contributed by atoms with Crippen LogP contribution in [0.1, 0.15) is 38.0 Å². The molecule has 0 aromatic heterocycles. The second-order valence-corrected chi connectivity index (χ2v) is 4.84. The number of ether oxygens (including phenoxy) is 1. The summed E-state index contributed by atoms with van der Waals surface area (Å²) < 4.78 is 5.41. The fourth-order valence-corrected chi connectivity index (χ4v) is 2.21. The number of hydrogen-bond donors (Lipinski definition) is 3. The molecule has 0 radical (unpaired) electrons. The number of nitrogens with one attached hydrogen (secondary N) is 1. The first-order chi connectivity index (χ1) is 11.5. The zero-order chi connectivity index (χ0) is 17.7. The van der Waals surface area contributed by atoms with Crippen LogP contribution in [0.4, 0.5) is 5.69 Å². The predicted molar refractivity (Wildman–Crippen MR) is 89.0 cm³/mol. The third kappa shape index (κ3) is 3.52. The summed E-state index contributed by atoms with van der Waals surface area (Å²) >= 11 is 0. The van der Waals surface area contributed by atoms with Gasteiger partial charge in [0, 0.05) is 0 Å². The number of benzene rings is 2. The summed E-state index contributed by atoms with van der Waals surface area (Å²) in [5.74, 6) is -1.73. The standard InChI is InChI=1S/C17H17N3O4/c1-2-24-13-9-4-3-6-10(13)17(23)20-14-11(15(18)21)7-5-8-12(14)16(19)22/h3-9H,2H2,1H3,(H2,18,21)(H2,19,22)(H,20,23). The molecule has 124 valence electrons. The van der Waals surface area contributed by atoms with Crippen LogP contribution >= 0.6 is 0 Å². The highest BCUT2D eigenvalue weighted by Gasteiger charge is 2.20. The van der Waals surface area contributed by atoms with E-state index in [9.17, 15) is 14.4 Å². The third-order valence-corrected chi connectivity index (χ3v) is 3.27. The Balaban J connectivity index is 2.46. The molecule has 0 spiro atoms. The Morgan fingerprint density at radius 2 is 1.46 bits per heavy atom. The molecule has 0 saturated carbocycles. The molecule has 2 aromatic rings. The van der Waals surface area contributed by atoms with Crippen LogP contribution in [0, 0.1) is 0 Å². The summed E-state index contributed by atoms with van der Waals surface area (Å²) in [4.78, 5) is 35.7. The summed E-state index contributed by atoms with van der Waals surface area (Å²) in [6.45, 7) is 2.18. The molecule has 3 amide bonds. The highest BCUT2D eigenvalue weighted by Crippen LogP contribution is 2.24. The molecule has 0 fully saturated rings. The molecule has 7 nitrogen and oxygen atoms in total. The van der Waals surface area contributed by atoms with Gasteiger partial charge in [0.2, 0.25) is 0 Å². The molecule has 0 bridgehead atoms. The van der Waals surface area contributed by atoms with Crippen LogP contribution in [-0.2, 0) is 0 Å². The Labute approximate surface area is 138 Å². The average molecular weight is 327 g/mol. The molecule has 0 saturated heterocycles. The smallest absolute Gasteiger partial charge is 0.259 e. The van der Waals surface area contributed by atoms with Gasteiger partial charge < -0.3 is 21.5 Å². The number of primary amides is 2. The molecule has 7 heteroatoms. The van der Waals surface area contributed by atoms with E-state index in [-0.39, 0.29) is 22.4 Å². The zero-order valence-electron chi connectivity index (χ0n) is 13.0. The maximum absolute atomic E-state index is 12.6. The van der Waals surface area contributed by atoms with Crippen LogP contribution in [0.5, 0.6) is 5.75 Å². The minimum atomic E-state index is -0.786. The monoisotopic (exact) mass is 327 g/mol. The first-order valence-electron chi connectivity index (χ1n) is 7.21. The van der Waals surface area contributed by atoms with Crippen molar-refractivity contribution < 1.29 is 19.1 Å². The number of rotatable bonds is 6. The van der Waals surface area contributed by atoms with Gasteiger partial charge in [0.1, 0.15) is 5.75 Å². The van der Waals surface area contributed by atoms with Gasteiger partial charge in [0.15, 0.2) is 0 Å². The lowest BCUT2D eigenvalue weighted by molar-refractivity contribution is 0.0999. The van der Waals surface area contributed by atoms with Gasteiger partial charge in [-0.05, 0) is 31.2 Å². The minimum Gasteiger partial charge on any atom is -0.493 e. The number of hydrogen-bond acceptors (Lipinski definition) is 4. The van der Waals surface area contributed by atoms with Crippen molar-refractivity contribution in [1.29, 1.82) is 0 Å². The van der Waals surface area contributed by atoms with Crippen molar-refractivity contribution >= 4 is 23.4 Å². The number of carbonyl (C=O) groups excluding carboxylic acids is 3. The number of nitrogens with two attached hydrogens (primary N) is 2. The summed E-state index contributed by atoms with van der Waals surface area (Å²) in [5.41, 5.74) is 10.8. The summed E-state index contributed by atoms with van der Waals surface area (Å²) in [7, 11) is 0. The molecule has 5 N–H and O–H groups in total. The van der Waals surface area contributed by atoms with E-state index in [4.69, 9.17) is 16.2 Å². The van der Waals surface area contributed by atoms with Gasteiger partial charge >= 0.3 is 0 Å². The SMILES string of the molecule is CCOc1ccccc1C(=O)Nc1c(C(N)=O)cccc1C(N)=O. The molecule has 24 heavy (non-hydrogen) atoms. The van der Waals surface area contributed by atoms with E-state index in [1.807, 2.05) is 0 Å². The van der Waals surface area contributed by atoms with E-state index in [1.54, 1.807) is 31.2 Å². The molecular weight excluding hydrogens is 310 g/mol. The Morgan fingerprint density at radius 3 is 2.00 bits per heavy atom. The molecule has 0 aliphatic rings. The van der Waals surface area contributed by atoms with Crippen molar-refractivity contribution in [3.05, 3.63) is 59.2 Å². The number of amides is 3. The fraction of sp³-hybridized carbons (Fsp3) is 0.118. The van der Waals surface area contributed by atoms with Crippen LogP contribution in [0.25, 0.3) is 0 Å². The molecule has 0 heterocycles. The van der Waals surface area contributed by atoms with Crippen molar-refractivity contribution in [1.82, 2.24) is 0 Å². The first kappa shape index (κ1) is 17.0. The Hall–Kier alpha value is -3.35. The van der Waals surface area contributed by atoms with Gasteiger partial charge in [-0.3, -0.25) is 14.4 Å². The Bertz CT molecular complexity index is 770. The van der Waals surface area contributed by atoms with E-state index in [1.165, 1.54) is 18.2 Å². The maximum atomic E-state index is 12.6. The third-order valence-electron chi connectivity index (χ3n) is 3.27. The fourth-order valence-electron chi connectivity index (χ4n) is 2.21. The lowest BCUT2D eigenvalue weighted by Gasteiger charge is -2.14. The van der Waals surface area contributed by atoms with Crippen molar-refractivity contribution in [3.8, 4) is 5.75 Å². The van der Waals surface area contributed by atoms with E-state index in [0.29, 0.717) is 12.4 Å². The predicted octanol–water partition coefficient (Wildman–Crippen LogP) is 1.54. The van der Waals surface area contributed by atoms with E-state index in [0.717, 1.165) is 0 Å². The highest BCUT2D eigenvalue weighted by molar-refractivity contribution is 6.14. The summed E-state index contributed by atoms with van der Waals surface area (Å²) in [6, 6.07) is 10.9. The van der Waals surface area contributed by atoms with Gasteiger partial charge in [-0.1, -0.05) is 18.2 Å². The van der Waals surface area contributed by atoms with E-state index < -0.39 is 17.7 Å². The van der Waals surface area contributed by atoms with Crippen molar-refractivity contribution in [2.45, 2.75) is 6.92 Å². The topological polar surface area (TPSA) is 125 Å². The second kappa shape index (κ2) is 7.28. The number of anilines is 1. The quantitative estimate of drug-likeness (QED) is 0.744. The lowest BCUT2D eigenvalue weighted by atomic mass is 10.0. The number of para-hydroxylation sites is 2. The molecular formula is C17H17N3O4. The molecule has 0 aliphatic heterocycles. The van der Waals surface area contributed by atoms with Gasteiger partial charge in [-0.15, -0.1) is 0 Å². The largest absolute Gasteiger partial charge is 0.493 e. The Morgan fingerprint density at radius 1 is 0.917 bits per heavy atom. The van der Waals surface area contributed by atoms with Crippen LogP contribution < -0.4 is 21.5 Å². The van der Waals surface area contributed by atoms with Crippen molar-refractivity contribution in [2.75, 3.05) is 11.9 Å². The highest BCUT2D eigenvalue weighted by atomic mass is 16.5. The Kier molecular flexibility index (Phi) is 5.16. The first-order valence-corrected chi connectivity index (χ1v) is 7.21. The second-order valence-electron chi connectivity index (χ2n) is 4.84. The van der Waals surface area contributed by atoms with E-state index in [2.05, 4.69) is 5.32 Å². The molecule has 0 aliphatic carbocycles. The average Bonchev–Trinajstić information content (AvgIpc) is 2.55. The van der Waals surface area contributed by atoms with Gasteiger partial charge in [0.25, 0.3) is 17.7 Å². The molecule has 2 rings (SSSR count). The van der Waals surface area contributed by atoms with Gasteiger partial charge in [-0.2, -0.15) is 0 Å². The van der Waals surface area contributed by atoms with Gasteiger partial charge in [0.05, 0.1) is 29.0 Å². The minimum absolute atomic E-state index is 0.00598. The molecule has 0 unspecified atom stereocenters. The van der Waals surface area contributed by atoms with Crippen molar-refractivity contribution in [3.63, 3.8) is 0 Å². The van der Waals surface area contributed by atoms with Crippen LogP contribution in [0.15, 0.2) is 42.5 Å². The van der Waals surface area contributed by atoms with E-state index >= 15 is 0 Å². The lowest BCUT2D eigenvalue weighted by Crippen LogP contribution is -2.23. The van der Waals surface area contributed by atoms with Crippen LogP contribution in [0.2, 0.25) is 0 Å². The van der Waals surface area contributed by atoms with Crippen molar-refractivity contribution in [2.24, 2.45) is 11.5 Å². The molecule has 2 aromatic carbocycles. The maximum Gasteiger partial charge on any atom is 0.259 e. The van der Waals surface area contributed by atoms with Crippen LogP contribution in [0.3, 0.4) is 0 Å². The normalized spacial score (nSPS) is 10.0. The number of carbonyl (C=O) groups is 3.